The third kappa shape index (κ3) is 6.89. The van der Waals surface area contributed by atoms with Gasteiger partial charge in [0.05, 0.1) is 0 Å². The quantitative estimate of drug-likeness (QED) is 0.399. The highest BCUT2D eigenvalue weighted by atomic mass is 16.1. The van der Waals surface area contributed by atoms with Crippen LogP contribution in [0, 0.1) is 0 Å². The molecule has 0 bridgehead atoms. The molecule has 1 aliphatic carbocycles. The van der Waals surface area contributed by atoms with Crippen LogP contribution < -0.4 is 0 Å². The van der Waals surface area contributed by atoms with Crippen LogP contribution in [-0.2, 0) is 4.79 Å². The van der Waals surface area contributed by atoms with Crippen molar-refractivity contribution in [3.63, 3.8) is 0 Å². The zero-order chi connectivity index (χ0) is 7.82. The largest absolute Gasteiger partial charge is 0.298 e. The summed E-state index contributed by atoms with van der Waals surface area (Å²) >= 11 is 0. The minimum Gasteiger partial charge on any atom is -0.298 e. The topological polar surface area (TPSA) is 17.1 Å². The van der Waals surface area contributed by atoms with E-state index in [1.54, 1.807) is 6.92 Å². The molecule has 1 heteroatoms. The molecule has 0 atom stereocenters. The number of aldehydes is 1. The summed E-state index contributed by atoms with van der Waals surface area (Å²) in [5.74, 6) is 0. The summed E-state index contributed by atoms with van der Waals surface area (Å²) in [6, 6.07) is 0. The van der Waals surface area contributed by atoms with Crippen molar-refractivity contribution >= 4 is 6.29 Å². The number of rotatable bonds is 1. The Bertz CT molecular complexity index is 154. The first-order valence-corrected chi connectivity index (χ1v) is 3.19. The Morgan fingerprint density at radius 1 is 1.50 bits per heavy atom. The Morgan fingerprint density at radius 3 is 2.00 bits per heavy atom. The molecule has 0 heterocycles. The molecule has 0 aromatic heterocycles. The highest BCUT2D eigenvalue weighted by molar-refractivity contribution is 5.70. The number of hydrogen-bond acceptors (Lipinski definition) is 1. The van der Waals surface area contributed by atoms with Gasteiger partial charge >= 0.3 is 0 Å². The van der Waals surface area contributed by atoms with Gasteiger partial charge in [-0.1, -0.05) is 30.9 Å². The van der Waals surface area contributed by atoms with Gasteiger partial charge < -0.3 is 0 Å². The van der Waals surface area contributed by atoms with Crippen LogP contribution in [0.2, 0.25) is 0 Å². The van der Waals surface area contributed by atoms with E-state index in [1.807, 2.05) is 0 Å². The monoisotopic (exact) mass is 136 g/mol. The third-order valence-electron chi connectivity index (χ3n) is 0.857. The molecule has 0 unspecified atom stereocenters. The second kappa shape index (κ2) is 6.02. The summed E-state index contributed by atoms with van der Waals surface area (Å²) in [5.41, 5.74) is 0.574. The fourth-order valence-corrected chi connectivity index (χ4v) is 0.393. The summed E-state index contributed by atoms with van der Waals surface area (Å²) in [5, 5.41) is 0. The van der Waals surface area contributed by atoms with Crippen LogP contribution in [0.25, 0.3) is 0 Å². The van der Waals surface area contributed by atoms with Gasteiger partial charge in [-0.25, -0.2) is 0 Å². The zero-order valence-electron chi connectivity index (χ0n) is 6.21. The standard InChI is InChI=1S/C5H6.C4H6O/c1-2-4-5-3-1;1-4(2)3-5/h1-4H,5H2;3H,1H2,2H3. The van der Waals surface area contributed by atoms with Crippen molar-refractivity contribution < 1.29 is 4.79 Å². The van der Waals surface area contributed by atoms with Crippen molar-refractivity contribution in [3.05, 3.63) is 36.5 Å². The lowest BCUT2D eigenvalue weighted by Gasteiger charge is -1.65. The molecule has 1 nitrogen and oxygen atoms in total. The summed E-state index contributed by atoms with van der Waals surface area (Å²) in [4.78, 5) is 9.41. The van der Waals surface area contributed by atoms with E-state index in [2.05, 4.69) is 30.9 Å². The Balaban J connectivity index is 0.000000162. The average molecular weight is 136 g/mol. The Labute approximate surface area is 61.8 Å². The van der Waals surface area contributed by atoms with Gasteiger partial charge in [-0.15, -0.1) is 0 Å². The number of carbonyl (C=O) groups excluding carboxylic acids is 1. The lowest BCUT2D eigenvalue weighted by atomic mass is 10.4. The fraction of sp³-hybridized carbons (Fsp3) is 0.222. The Kier molecular flexibility index (Phi) is 5.35. The molecule has 0 aromatic rings. The van der Waals surface area contributed by atoms with Crippen LogP contribution in [0.3, 0.4) is 0 Å². The maximum Gasteiger partial charge on any atom is 0.145 e. The van der Waals surface area contributed by atoms with Crippen molar-refractivity contribution in [2.75, 3.05) is 0 Å². The molecule has 0 aromatic carbocycles. The van der Waals surface area contributed by atoms with Crippen molar-refractivity contribution in [2.24, 2.45) is 0 Å². The average Bonchev–Trinajstić information content (AvgIpc) is 2.43. The smallest absolute Gasteiger partial charge is 0.145 e. The molecular formula is C9H12O. The molecule has 1 aliphatic rings. The maximum atomic E-state index is 9.41. The van der Waals surface area contributed by atoms with Crippen molar-refractivity contribution in [1.82, 2.24) is 0 Å². The van der Waals surface area contributed by atoms with Crippen LogP contribution in [0.15, 0.2) is 36.5 Å². The first kappa shape index (κ1) is 8.89. The summed E-state index contributed by atoms with van der Waals surface area (Å²) in [6.45, 7) is 4.97. The van der Waals surface area contributed by atoms with E-state index >= 15 is 0 Å². The molecule has 0 N–H and O–H groups in total. The molecule has 54 valence electrons. The van der Waals surface area contributed by atoms with Crippen LogP contribution >= 0.6 is 0 Å². The van der Waals surface area contributed by atoms with Gasteiger partial charge in [0.2, 0.25) is 0 Å². The molecule has 1 rings (SSSR count). The normalized spacial score (nSPS) is 12.1. The molecule has 0 amide bonds. The second-order valence-electron chi connectivity index (χ2n) is 2.06. The Hall–Kier alpha value is -1.11. The van der Waals surface area contributed by atoms with Gasteiger partial charge in [-0.2, -0.15) is 0 Å². The first-order chi connectivity index (χ1) is 4.77. The van der Waals surface area contributed by atoms with Crippen LogP contribution in [-0.4, -0.2) is 6.29 Å². The molecule has 0 saturated heterocycles. The van der Waals surface area contributed by atoms with Crippen LogP contribution in [0.5, 0.6) is 0 Å². The van der Waals surface area contributed by atoms with E-state index in [-0.39, 0.29) is 0 Å². The van der Waals surface area contributed by atoms with E-state index in [1.165, 1.54) is 0 Å². The van der Waals surface area contributed by atoms with E-state index in [9.17, 15) is 4.79 Å². The van der Waals surface area contributed by atoms with Gasteiger partial charge in [0.15, 0.2) is 0 Å². The van der Waals surface area contributed by atoms with Gasteiger partial charge in [-0.05, 0) is 18.9 Å². The van der Waals surface area contributed by atoms with Gasteiger partial charge in [-0.3, -0.25) is 4.79 Å². The molecule has 10 heavy (non-hydrogen) atoms. The third-order valence-corrected chi connectivity index (χ3v) is 0.857. The van der Waals surface area contributed by atoms with E-state index in [0.29, 0.717) is 5.57 Å². The molecule has 0 fully saturated rings. The van der Waals surface area contributed by atoms with Gasteiger partial charge in [0.25, 0.3) is 0 Å². The molecule has 0 spiro atoms. The van der Waals surface area contributed by atoms with E-state index < -0.39 is 0 Å². The van der Waals surface area contributed by atoms with Gasteiger partial charge in [0.1, 0.15) is 6.29 Å². The van der Waals surface area contributed by atoms with E-state index in [4.69, 9.17) is 0 Å². The van der Waals surface area contributed by atoms with E-state index in [0.717, 1.165) is 12.7 Å². The minimum absolute atomic E-state index is 0.574. The molecule has 0 radical (unpaired) electrons. The highest BCUT2D eigenvalue weighted by Crippen LogP contribution is 1.93. The van der Waals surface area contributed by atoms with Crippen LogP contribution in [0.1, 0.15) is 13.3 Å². The number of hydrogen-bond donors (Lipinski definition) is 0. The summed E-state index contributed by atoms with van der Waals surface area (Å²) < 4.78 is 0. The van der Waals surface area contributed by atoms with Crippen LogP contribution in [0.4, 0.5) is 0 Å². The predicted octanol–water partition coefficient (Wildman–Crippen LogP) is 2.26. The maximum absolute atomic E-state index is 9.41. The van der Waals surface area contributed by atoms with Gasteiger partial charge in [0, 0.05) is 0 Å². The van der Waals surface area contributed by atoms with Crippen molar-refractivity contribution in [1.29, 1.82) is 0 Å². The summed E-state index contributed by atoms with van der Waals surface area (Å²) in [7, 11) is 0. The predicted molar refractivity (Wildman–Crippen MR) is 43.8 cm³/mol. The lowest BCUT2D eigenvalue weighted by Crippen LogP contribution is -1.65. The van der Waals surface area contributed by atoms with Crippen molar-refractivity contribution in [3.8, 4) is 0 Å². The summed E-state index contributed by atoms with van der Waals surface area (Å²) in [6.07, 6.45) is 10.2. The van der Waals surface area contributed by atoms with Crippen molar-refractivity contribution in [2.45, 2.75) is 13.3 Å². The SMILES string of the molecule is C1=CCC=C1.C=C(C)C=O. The highest BCUT2D eigenvalue weighted by Gasteiger charge is 1.72. The second-order valence-corrected chi connectivity index (χ2v) is 2.06. The Morgan fingerprint density at radius 2 is 1.90 bits per heavy atom. The minimum atomic E-state index is 0.574. The number of carbonyl (C=O) groups is 1. The number of allylic oxidation sites excluding steroid dienone is 5. The molecule has 0 aliphatic heterocycles. The molecule has 0 saturated carbocycles. The molecular weight excluding hydrogens is 124 g/mol. The lowest BCUT2D eigenvalue weighted by molar-refractivity contribution is -0.104. The zero-order valence-corrected chi connectivity index (χ0v) is 6.21. The fourth-order valence-electron chi connectivity index (χ4n) is 0.393. The first-order valence-electron chi connectivity index (χ1n) is 3.19.